The van der Waals surface area contributed by atoms with Crippen LogP contribution in [0.4, 0.5) is 11.4 Å². The lowest BCUT2D eigenvalue weighted by molar-refractivity contribution is -0.114. The number of hydrogen-bond acceptors (Lipinski definition) is 6. The number of pyridine rings is 1. The van der Waals surface area contributed by atoms with Crippen LogP contribution in [0.3, 0.4) is 0 Å². The van der Waals surface area contributed by atoms with Gasteiger partial charge in [-0.2, -0.15) is 0 Å². The van der Waals surface area contributed by atoms with Crippen LogP contribution in [0.5, 0.6) is 5.75 Å². The number of carbonyl (C=O) groups is 2. The molecule has 0 atom stereocenters. The Balaban J connectivity index is 1.72. The largest absolute Gasteiger partial charge is 0.491 e. The maximum Gasteiger partial charge on any atom is 0.253 e. The monoisotopic (exact) mass is 496 g/mol. The quantitative estimate of drug-likeness (QED) is 0.445. The number of nitrogens with one attached hydrogen (secondary N) is 2. The lowest BCUT2D eigenvalue weighted by atomic mass is 10.1. The molecule has 0 unspecified atom stereocenters. The highest BCUT2D eigenvalue weighted by Gasteiger charge is 2.22. The molecule has 0 radical (unpaired) electrons. The van der Waals surface area contributed by atoms with Crippen LogP contribution in [-0.4, -0.2) is 44.1 Å². The summed E-state index contributed by atoms with van der Waals surface area (Å²) in [5.74, 6) is -0.385. The van der Waals surface area contributed by atoms with Gasteiger partial charge in [0.25, 0.3) is 5.91 Å². The molecule has 3 aromatic rings. The Morgan fingerprint density at radius 3 is 2.37 bits per heavy atom. The zero-order valence-electron chi connectivity index (χ0n) is 19.8. The van der Waals surface area contributed by atoms with Crippen molar-refractivity contribution in [1.29, 1.82) is 0 Å². The van der Waals surface area contributed by atoms with E-state index in [1.165, 1.54) is 0 Å². The molecule has 0 aliphatic heterocycles. The van der Waals surface area contributed by atoms with Gasteiger partial charge in [0.05, 0.1) is 29.3 Å². The number of nitrogens with zero attached hydrogens (tertiary/aromatic N) is 2. The van der Waals surface area contributed by atoms with E-state index in [4.69, 9.17) is 4.74 Å². The fourth-order valence-electron chi connectivity index (χ4n) is 3.25. The number of para-hydroxylation sites is 1. The SMILES string of the molecule is CC(C)Oc1ccc(N(CC(=O)Nc2ccccc2C(=O)NCc2cccnc2)S(C)(=O)=O)cc1. The van der Waals surface area contributed by atoms with E-state index < -0.39 is 22.5 Å². The van der Waals surface area contributed by atoms with E-state index >= 15 is 0 Å². The van der Waals surface area contributed by atoms with Gasteiger partial charge < -0.3 is 15.4 Å². The highest BCUT2D eigenvalue weighted by molar-refractivity contribution is 7.92. The van der Waals surface area contributed by atoms with Crippen LogP contribution in [0.25, 0.3) is 0 Å². The Labute approximate surface area is 205 Å². The molecule has 9 nitrogen and oxygen atoms in total. The highest BCUT2D eigenvalue weighted by atomic mass is 32.2. The van der Waals surface area contributed by atoms with Crippen molar-refractivity contribution in [3.63, 3.8) is 0 Å². The molecule has 0 saturated carbocycles. The van der Waals surface area contributed by atoms with Crippen LogP contribution in [0, 0.1) is 0 Å². The molecule has 0 spiro atoms. The predicted octanol–water partition coefficient (Wildman–Crippen LogP) is 3.20. The van der Waals surface area contributed by atoms with Crippen LogP contribution in [0.15, 0.2) is 73.1 Å². The summed E-state index contributed by atoms with van der Waals surface area (Å²) < 4.78 is 31.4. The second-order valence-corrected chi connectivity index (χ2v) is 9.97. The van der Waals surface area contributed by atoms with Crippen molar-refractivity contribution in [2.75, 3.05) is 22.4 Å². The van der Waals surface area contributed by atoms with Gasteiger partial charge in [-0.25, -0.2) is 8.42 Å². The van der Waals surface area contributed by atoms with Crippen LogP contribution in [0.2, 0.25) is 0 Å². The van der Waals surface area contributed by atoms with Gasteiger partial charge in [-0.05, 0) is 61.9 Å². The first-order valence-electron chi connectivity index (χ1n) is 10.9. The van der Waals surface area contributed by atoms with E-state index in [9.17, 15) is 18.0 Å². The van der Waals surface area contributed by atoms with E-state index in [1.54, 1.807) is 67.0 Å². The fraction of sp³-hybridized carbons (Fsp3) is 0.240. The number of ether oxygens (including phenoxy) is 1. The minimum Gasteiger partial charge on any atom is -0.491 e. The standard InChI is InChI=1S/C25H28N4O5S/c1-18(2)34-21-12-10-20(11-13-21)29(35(3,32)33)17-24(30)28-23-9-5-4-8-22(23)25(31)27-16-19-7-6-14-26-15-19/h4-15,18H,16-17H2,1-3H3,(H,27,31)(H,28,30). The number of amides is 2. The number of rotatable bonds is 10. The van der Waals surface area contributed by atoms with Gasteiger partial charge >= 0.3 is 0 Å². The van der Waals surface area contributed by atoms with Crippen molar-refractivity contribution in [2.24, 2.45) is 0 Å². The Hall–Kier alpha value is -3.92. The molecule has 0 aliphatic rings. The van der Waals surface area contributed by atoms with Crippen molar-refractivity contribution >= 4 is 33.2 Å². The molecular weight excluding hydrogens is 468 g/mol. The van der Waals surface area contributed by atoms with Crippen molar-refractivity contribution in [3.05, 3.63) is 84.2 Å². The number of sulfonamides is 1. The number of anilines is 2. The van der Waals surface area contributed by atoms with E-state index in [-0.39, 0.29) is 29.8 Å². The van der Waals surface area contributed by atoms with Crippen LogP contribution in [-0.2, 0) is 21.4 Å². The van der Waals surface area contributed by atoms with Crippen molar-refractivity contribution < 1.29 is 22.7 Å². The highest BCUT2D eigenvalue weighted by Crippen LogP contribution is 2.23. The summed E-state index contributed by atoms with van der Waals surface area (Å²) in [5, 5.41) is 5.45. The molecule has 3 rings (SSSR count). The zero-order valence-corrected chi connectivity index (χ0v) is 20.6. The van der Waals surface area contributed by atoms with Crippen molar-refractivity contribution in [2.45, 2.75) is 26.5 Å². The van der Waals surface area contributed by atoms with Crippen molar-refractivity contribution in [1.82, 2.24) is 10.3 Å². The molecule has 184 valence electrons. The fourth-order valence-corrected chi connectivity index (χ4v) is 4.11. The summed E-state index contributed by atoms with van der Waals surface area (Å²) >= 11 is 0. The van der Waals surface area contributed by atoms with Gasteiger partial charge in [-0.1, -0.05) is 18.2 Å². The maximum absolute atomic E-state index is 12.8. The summed E-state index contributed by atoms with van der Waals surface area (Å²) in [6, 6.07) is 16.6. The summed E-state index contributed by atoms with van der Waals surface area (Å²) in [6.07, 6.45) is 4.29. The molecule has 2 N–H and O–H groups in total. The first-order chi connectivity index (χ1) is 16.6. The van der Waals surface area contributed by atoms with Crippen LogP contribution < -0.4 is 19.7 Å². The van der Waals surface area contributed by atoms with Gasteiger partial charge in [0.1, 0.15) is 12.3 Å². The molecular formula is C25H28N4O5S. The molecule has 1 heterocycles. The summed E-state index contributed by atoms with van der Waals surface area (Å²) in [6.45, 7) is 3.58. The average molecular weight is 497 g/mol. The smallest absolute Gasteiger partial charge is 0.253 e. The number of carbonyl (C=O) groups excluding carboxylic acids is 2. The van der Waals surface area contributed by atoms with Crippen LogP contribution in [0.1, 0.15) is 29.8 Å². The Morgan fingerprint density at radius 2 is 1.74 bits per heavy atom. The summed E-state index contributed by atoms with van der Waals surface area (Å²) in [4.78, 5) is 29.6. The molecule has 0 fully saturated rings. The molecule has 0 aliphatic carbocycles. The minimum atomic E-state index is -3.76. The van der Waals surface area contributed by atoms with Gasteiger partial charge in [0.15, 0.2) is 0 Å². The maximum atomic E-state index is 12.8. The second-order valence-electron chi connectivity index (χ2n) is 8.07. The number of hydrogen-bond donors (Lipinski definition) is 2. The first kappa shape index (κ1) is 25.7. The Morgan fingerprint density at radius 1 is 1.03 bits per heavy atom. The molecule has 1 aromatic heterocycles. The van der Waals surface area contributed by atoms with Gasteiger partial charge in [-0.15, -0.1) is 0 Å². The molecule has 10 heteroatoms. The average Bonchev–Trinajstić information content (AvgIpc) is 2.81. The van der Waals surface area contributed by atoms with Gasteiger partial charge in [-0.3, -0.25) is 18.9 Å². The minimum absolute atomic E-state index is 0.0285. The van der Waals surface area contributed by atoms with E-state index in [1.807, 2.05) is 19.9 Å². The summed E-state index contributed by atoms with van der Waals surface area (Å²) in [5.41, 5.74) is 1.68. The zero-order chi connectivity index (χ0) is 25.4. The lowest BCUT2D eigenvalue weighted by Gasteiger charge is -2.22. The first-order valence-corrected chi connectivity index (χ1v) is 12.8. The third kappa shape index (κ3) is 7.54. The third-order valence-corrected chi connectivity index (χ3v) is 5.95. The number of benzene rings is 2. The Kier molecular flexibility index (Phi) is 8.43. The van der Waals surface area contributed by atoms with E-state index in [0.717, 1.165) is 16.1 Å². The van der Waals surface area contributed by atoms with Crippen LogP contribution >= 0.6 is 0 Å². The summed E-state index contributed by atoms with van der Waals surface area (Å²) in [7, 11) is -3.76. The molecule has 0 bridgehead atoms. The predicted molar refractivity (Wildman–Crippen MR) is 135 cm³/mol. The van der Waals surface area contributed by atoms with Gasteiger partial charge in [0.2, 0.25) is 15.9 Å². The lowest BCUT2D eigenvalue weighted by Crippen LogP contribution is -2.37. The van der Waals surface area contributed by atoms with Gasteiger partial charge in [0, 0.05) is 18.9 Å². The number of aromatic nitrogens is 1. The van der Waals surface area contributed by atoms with Crippen molar-refractivity contribution in [3.8, 4) is 5.75 Å². The topological polar surface area (TPSA) is 118 Å². The van der Waals surface area contributed by atoms with E-state index in [0.29, 0.717) is 11.4 Å². The third-order valence-electron chi connectivity index (χ3n) is 4.81. The molecule has 0 saturated heterocycles. The second kappa shape index (κ2) is 11.5. The van der Waals surface area contributed by atoms with E-state index in [2.05, 4.69) is 15.6 Å². The normalized spacial score (nSPS) is 11.1. The Bertz CT molecular complexity index is 1260. The molecule has 35 heavy (non-hydrogen) atoms. The molecule has 2 aromatic carbocycles. The molecule has 2 amide bonds.